The lowest BCUT2D eigenvalue weighted by Gasteiger charge is -2.38. The summed E-state index contributed by atoms with van der Waals surface area (Å²) in [5.74, 6) is -1.28. The molecule has 2 aliphatic heterocycles. The quantitative estimate of drug-likeness (QED) is 0.0520. The van der Waals surface area contributed by atoms with Gasteiger partial charge in [-0.1, -0.05) is 50.3 Å². The van der Waals surface area contributed by atoms with Crippen molar-refractivity contribution in [1.82, 2.24) is 0 Å². The molecule has 12 heteroatoms. The van der Waals surface area contributed by atoms with Gasteiger partial charge in [-0.05, 0) is 64.2 Å². The fraction of sp³-hybridized carbons (Fsp3) is 0.714. The first-order chi connectivity index (χ1) is 22.2. The fourth-order valence-corrected chi connectivity index (χ4v) is 5.60. The van der Waals surface area contributed by atoms with Crippen molar-refractivity contribution >= 4 is 11.9 Å². The van der Waals surface area contributed by atoms with Gasteiger partial charge in [-0.25, -0.2) is 4.79 Å². The molecule has 2 fully saturated rings. The van der Waals surface area contributed by atoms with E-state index in [0.717, 1.165) is 32.1 Å². The van der Waals surface area contributed by atoms with E-state index in [1.165, 1.54) is 12.1 Å². The van der Waals surface area contributed by atoms with Crippen molar-refractivity contribution in [2.45, 2.75) is 134 Å². The molecule has 3 rings (SSSR count). The summed E-state index contributed by atoms with van der Waals surface area (Å²) in [4.78, 5) is 22.5. The molecule has 268 valence electrons. The number of aliphatic carboxylic acids is 1. The Morgan fingerprint density at radius 1 is 1.02 bits per heavy atom. The predicted octanol–water partition coefficient (Wildman–Crippen LogP) is 3.37. The lowest BCUT2D eigenvalue weighted by atomic mass is 9.85. The average molecular weight is 668 g/mol. The number of hydrogen-bond donors (Lipinski definition) is 7. The number of aromatic hydroxyl groups is 1. The molecule has 0 spiro atoms. The highest BCUT2D eigenvalue weighted by molar-refractivity contribution is 5.82. The molecule has 0 aliphatic carbocycles. The second-order valence-electron chi connectivity index (χ2n) is 13.1. The van der Waals surface area contributed by atoms with Crippen molar-refractivity contribution in [3.05, 3.63) is 41.5 Å². The molecule has 0 saturated carbocycles. The summed E-state index contributed by atoms with van der Waals surface area (Å²) in [7, 11) is 0. The van der Waals surface area contributed by atoms with E-state index in [4.69, 9.17) is 30.2 Å². The van der Waals surface area contributed by atoms with E-state index in [1.54, 1.807) is 39.0 Å². The number of aliphatic hydroxyl groups excluding tert-OH is 4. The van der Waals surface area contributed by atoms with Gasteiger partial charge < -0.3 is 50.6 Å². The molecule has 8 N–H and O–H groups in total. The fourth-order valence-electron chi connectivity index (χ4n) is 5.60. The summed E-state index contributed by atoms with van der Waals surface area (Å²) >= 11 is 0. The van der Waals surface area contributed by atoms with E-state index in [0.29, 0.717) is 43.6 Å². The van der Waals surface area contributed by atoms with Crippen LogP contribution < -0.4 is 5.73 Å². The summed E-state index contributed by atoms with van der Waals surface area (Å²) in [5.41, 5.74) is 6.84. The average Bonchev–Trinajstić information content (AvgIpc) is 3.78. The number of benzene rings is 1. The van der Waals surface area contributed by atoms with Gasteiger partial charge in [0.25, 0.3) is 0 Å². The van der Waals surface area contributed by atoms with Gasteiger partial charge in [0.05, 0.1) is 49.8 Å². The summed E-state index contributed by atoms with van der Waals surface area (Å²) in [6.07, 6.45) is 3.90. The van der Waals surface area contributed by atoms with E-state index in [1.807, 2.05) is 6.92 Å². The standard InChI is InChI=1S/C26H44O9.C9H13NO2/c1-16(13-23(30)33-11-9-7-5-4-6-8-10-22(28)29)12-20-25(32)24(31)19(15-34-20)14-21-26(35-21)17(2)18(3)27;1-6(10)9(12)7-3-2-4-8(11)5-7/h13,17-21,24-27,31-32H,4-12,14-15H2,1-3H3,(H,28,29);2-6,9,11-12H,10H2,1H3/b16-13+;/t17-,18-,19-,20-,21-,24+,25-,26-;6-,9-/m00/s1. The minimum atomic E-state index is -1.06. The largest absolute Gasteiger partial charge is 0.508 e. The van der Waals surface area contributed by atoms with Crippen LogP contribution in [0.2, 0.25) is 0 Å². The normalized spacial score (nSPS) is 26.7. The number of carbonyl (C=O) groups excluding carboxylic acids is 1. The Labute approximate surface area is 278 Å². The number of unbranched alkanes of at least 4 members (excludes halogenated alkanes) is 5. The minimum absolute atomic E-state index is 0.0160. The smallest absolute Gasteiger partial charge is 0.330 e. The molecular weight excluding hydrogens is 610 g/mol. The number of phenols is 1. The molecule has 0 aromatic heterocycles. The molecule has 1 aromatic carbocycles. The third kappa shape index (κ3) is 15.0. The van der Waals surface area contributed by atoms with Crippen LogP contribution in [-0.4, -0.2) is 98.5 Å². The van der Waals surface area contributed by atoms with Gasteiger partial charge in [0, 0.05) is 30.4 Å². The highest BCUT2D eigenvalue weighted by atomic mass is 16.6. The van der Waals surface area contributed by atoms with Crippen LogP contribution in [0, 0.1) is 11.8 Å². The highest BCUT2D eigenvalue weighted by Gasteiger charge is 2.48. The second-order valence-corrected chi connectivity index (χ2v) is 13.1. The Kier molecular flexibility index (Phi) is 17.9. The first-order valence-electron chi connectivity index (χ1n) is 16.8. The maximum atomic E-state index is 12.1. The third-order valence-electron chi connectivity index (χ3n) is 8.80. The van der Waals surface area contributed by atoms with Gasteiger partial charge in [0.15, 0.2) is 0 Å². The summed E-state index contributed by atoms with van der Waals surface area (Å²) in [6, 6.07) is 6.14. The molecular formula is C35H57NO11. The Bertz CT molecular complexity index is 1110. The number of epoxide rings is 1. The lowest BCUT2D eigenvalue weighted by Crippen LogP contribution is -2.50. The first kappa shape index (κ1) is 40.6. The zero-order valence-electron chi connectivity index (χ0n) is 28.2. The van der Waals surface area contributed by atoms with Crippen LogP contribution >= 0.6 is 0 Å². The zero-order chi connectivity index (χ0) is 35.1. The lowest BCUT2D eigenvalue weighted by molar-refractivity contribution is -0.165. The number of ether oxygens (including phenoxy) is 3. The van der Waals surface area contributed by atoms with Crippen LogP contribution in [0.25, 0.3) is 0 Å². The van der Waals surface area contributed by atoms with Crippen LogP contribution in [0.3, 0.4) is 0 Å². The van der Waals surface area contributed by atoms with Crippen LogP contribution in [0.15, 0.2) is 35.9 Å². The molecule has 0 amide bonds. The number of carboxylic acid groups (broad SMARTS) is 1. The van der Waals surface area contributed by atoms with Gasteiger partial charge in [0.2, 0.25) is 0 Å². The minimum Gasteiger partial charge on any atom is -0.508 e. The molecule has 0 bridgehead atoms. The van der Waals surface area contributed by atoms with Crippen molar-refractivity contribution in [2.75, 3.05) is 13.2 Å². The molecule has 0 unspecified atom stereocenters. The predicted molar refractivity (Wildman–Crippen MR) is 175 cm³/mol. The number of esters is 1. The Morgan fingerprint density at radius 2 is 1.68 bits per heavy atom. The number of carboxylic acids is 1. The van der Waals surface area contributed by atoms with Crippen molar-refractivity contribution < 1.29 is 54.4 Å². The SMILES string of the molecule is C/C(=C\C(=O)OCCCCCCCCC(=O)O)C[C@@H]1OC[C@H](C[C@@H]2O[C@H]2[C@@H](C)[C@H](C)O)[C@@H](O)[C@H]1O.C[C@H](N)[C@H](O)c1cccc(O)c1. The molecule has 2 heterocycles. The molecule has 12 nitrogen and oxygen atoms in total. The van der Waals surface area contributed by atoms with E-state index >= 15 is 0 Å². The van der Waals surface area contributed by atoms with E-state index < -0.39 is 42.5 Å². The first-order valence-corrected chi connectivity index (χ1v) is 16.8. The zero-order valence-corrected chi connectivity index (χ0v) is 28.2. The molecule has 0 radical (unpaired) electrons. The number of aliphatic hydroxyl groups is 4. The molecule has 2 saturated heterocycles. The highest BCUT2D eigenvalue weighted by Crippen LogP contribution is 2.38. The molecule has 10 atom stereocenters. The third-order valence-corrected chi connectivity index (χ3v) is 8.80. The topological polar surface area (TPSA) is 213 Å². The van der Waals surface area contributed by atoms with Crippen LogP contribution in [0.1, 0.15) is 97.1 Å². The number of hydrogen-bond acceptors (Lipinski definition) is 11. The monoisotopic (exact) mass is 667 g/mol. The van der Waals surface area contributed by atoms with E-state index in [-0.39, 0.29) is 42.3 Å². The van der Waals surface area contributed by atoms with Gasteiger partial charge in [-0.15, -0.1) is 0 Å². The molecule has 47 heavy (non-hydrogen) atoms. The maximum absolute atomic E-state index is 12.1. The van der Waals surface area contributed by atoms with Gasteiger partial charge >= 0.3 is 11.9 Å². The van der Waals surface area contributed by atoms with Crippen molar-refractivity contribution in [1.29, 1.82) is 0 Å². The van der Waals surface area contributed by atoms with Gasteiger partial charge in [0.1, 0.15) is 11.9 Å². The summed E-state index contributed by atoms with van der Waals surface area (Å²) < 4.78 is 16.7. The number of carbonyl (C=O) groups is 2. The maximum Gasteiger partial charge on any atom is 0.330 e. The van der Waals surface area contributed by atoms with Crippen LogP contribution in [-0.2, 0) is 23.8 Å². The summed E-state index contributed by atoms with van der Waals surface area (Å²) in [6.45, 7) is 7.78. The van der Waals surface area contributed by atoms with Crippen molar-refractivity contribution in [2.24, 2.45) is 17.6 Å². The number of phenolic OH excluding ortho intramolecular Hbond substituents is 1. The molecule has 2 aliphatic rings. The van der Waals surface area contributed by atoms with Crippen LogP contribution in [0.5, 0.6) is 5.75 Å². The molecule has 1 aromatic rings. The Hall–Kier alpha value is -2.58. The Balaban J connectivity index is 0.000000535. The van der Waals surface area contributed by atoms with Gasteiger partial charge in [-0.2, -0.15) is 0 Å². The summed E-state index contributed by atoms with van der Waals surface area (Å²) in [5, 5.41) is 58.0. The van der Waals surface area contributed by atoms with E-state index in [2.05, 4.69) is 0 Å². The Morgan fingerprint density at radius 3 is 2.30 bits per heavy atom. The number of rotatable bonds is 18. The van der Waals surface area contributed by atoms with Crippen molar-refractivity contribution in [3.8, 4) is 5.75 Å². The number of nitrogens with two attached hydrogens (primary N) is 1. The van der Waals surface area contributed by atoms with Crippen LogP contribution in [0.4, 0.5) is 0 Å². The second kappa shape index (κ2) is 20.7. The van der Waals surface area contributed by atoms with Gasteiger partial charge in [-0.3, -0.25) is 4.79 Å². The van der Waals surface area contributed by atoms with E-state index in [9.17, 15) is 30.0 Å². The van der Waals surface area contributed by atoms with Crippen molar-refractivity contribution in [3.63, 3.8) is 0 Å².